The lowest BCUT2D eigenvalue weighted by Gasteiger charge is -2.29. The Hall–Kier alpha value is -1.62. The highest BCUT2D eigenvalue weighted by atomic mass is 16.1. The van der Waals surface area contributed by atoms with Crippen LogP contribution in [0.2, 0.25) is 0 Å². The number of carbonyl (C=O) groups excluding carboxylic acids is 1. The van der Waals surface area contributed by atoms with Crippen molar-refractivity contribution in [1.82, 2.24) is 10.3 Å². The van der Waals surface area contributed by atoms with Gasteiger partial charge in [0.15, 0.2) is 0 Å². The first kappa shape index (κ1) is 15.8. The molecule has 1 aliphatic rings. The number of aromatic nitrogens is 1. The topological polar surface area (TPSA) is 80.0 Å². The Bertz CT molecular complexity index is 501. The summed E-state index contributed by atoms with van der Waals surface area (Å²) in [5.74, 6) is 6.74. The zero-order valence-electron chi connectivity index (χ0n) is 13.1. The Labute approximate surface area is 126 Å². The average molecular weight is 290 g/mol. The van der Waals surface area contributed by atoms with Crippen LogP contribution >= 0.6 is 0 Å². The Kier molecular flexibility index (Phi) is 5.17. The highest BCUT2D eigenvalue weighted by Crippen LogP contribution is 2.24. The minimum atomic E-state index is -0.0328. The first-order chi connectivity index (χ1) is 10.0. The van der Waals surface area contributed by atoms with Crippen LogP contribution in [0.4, 0.5) is 5.82 Å². The molecular weight excluding hydrogens is 264 g/mol. The van der Waals surface area contributed by atoms with Gasteiger partial charge in [0.1, 0.15) is 5.82 Å². The molecule has 0 saturated heterocycles. The number of nitrogens with two attached hydrogens (primary N) is 1. The van der Waals surface area contributed by atoms with Crippen LogP contribution in [-0.4, -0.2) is 16.9 Å². The molecule has 2 atom stereocenters. The SMILES string of the molecule is CC(C)c1cc(C(=O)NC2CCCCC2C)cc(NN)n1. The van der Waals surface area contributed by atoms with Gasteiger partial charge in [0.2, 0.25) is 0 Å². The molecule has 21 heavy (non-hydrogen) atoms. The number of anilines is 1. The molecule has 116 valence electrons. The van der Waals surface area contributed by atoms with Gasteiger partial charge in [0.25, 0.3) is 5.91 Å². The summed E-state index contributed by atoms with van der Waals surface area (Å²) >= 11 is 0. The predicted molar refractivity (Wildman–Crippen MR) is 85.0 cm³/mol. The van der Waals surface area contributed by atoms with E-state index < -0.39 is 0 Å². The van der Waals surface area contributed by atoms with Crippen molar-refractivity contribution in [1.29, 1.82) is 0 Å². The summed E-state index contributed by atoms with van der Waals surface area (Å²) in [6.45, 7) is 6.31. The molecule has 1 aromatic heterocycles. The van der Waals surface area contributed by atoms with E-state index in [1.807, 2.05) is 19.9 Å². The number of hydrogen-bond donors (Lipinski definition) is 3. The Morgan fingerprint density at radius 1 is 1.33 bits per heavy atom. The third-order valence-electron chi connectivity index (χ3n) is 4.27. The molecular formula is C16H26N4O. The molecule has 0 bridgehead atoms. The molecule has 1 aromatic rings. The third-order valence-corrected chi connectivity index (χ3v) is 4.27. The fraction of sp³-hybridized carbons (Fsp3) is 0.625. The number of carbonyl (C=O) groups is 1. The molecule has 1 saturated carbocycles. The Morgan fingerprint density at radius 2 is 2.05 bits per heavy atom. The monoisotopic (exact) mass is 290 g/mol. The summed E-state index contributed by atoms with van der Waals surface area (Å²) in [5, 5.41) is 3.17. The fourth-order valence-corrected chi connectivity index (χ4v) is 2.84. The standard InChI is InChI=1S/C16H26N4O/c1-10(2)14-8-12(9-15(18-14)20-17)16(21)19-13-7-5-4-6-11(13)3/h8-11,13H,4-7,17H2,1-3H3,(H,18,20)(H,19,21). The first-order valence-electron chi connectivity index (χ1n) is 7.80. The van der Waals surface area contributed by atoms with E-state index in [-0.39, 0.29) is 17.9 Å². The minimum absolute atomic E-state index is 0.0328. The number of rotatable bonds is 4. The zero-order chi connectivity index (χ0) is 15.4. The molecule has 1 heterocycles. The van der Waals surface area contributed by atoms with Crippen LogP contribution in [0.1, 0.15) is 68.4 Å². The van der Waals surface area contributed by atoms with E-state index in [1.54, 1.807) is 6.07 Å². The van der Waals surface area contributed by atoms with Crippen molar-refractivity contribution in [2.75, 3.05) is 5.43 Å². The molecule has 2 rings (SSSR count). The molecule has 0 radical (unpaired) electrons. The van der Waals surface area contributed by atoms with Crippen LogP contribution in [-0.2, 0) is 0 Å². The third kappa shape index (κ3) is 3.94. The van der Waals surface area contributed by atoms with Crippen molar-refractivity contribution in [2.24, 2.45) is 11.8 Å². The van der Waals surface area contributed by atoms with Gasteiger partial charge >= 0.3 is 0 Å². The van der Waals surface area contributed by atoms with E-state index in [9.17, 15) is 4.79 Å². The van der Waals surface area contributed by atoms with Crippen molar-refractivity contribution in [3.05, 3.63) is 23.4 Å². The van der Waals surface area contributed by atoms with Crippen molar-refractivity contribution in [3.63, 3.8) is 0 Å². The van der Waals surface area contributed by atoms with E-state index >= 15 is 0 Å². The van der Waals surface area contributed by atoms with Crippen LogP contribution in [0.15, 0.2) is 12.1 Å². The summed E-state index contributed by atoms with van der Waals surface area (Å²) in [4.78, 5) is 16.9. The van der Waals surface area contributed by atoms with Gasteiger partial charge in [0, 0.05) is 17.3 Å². The highest BCUT2D eigenvalue weighted by molar-refractivity contribution is 5.95. The molecule has 0 aromatic carbocycles. The molecule has 0 aliphatic heterocycles. The van der Waals surface area contributed by atoms with Crippen LogP contribution in [0, 0.1) is 5.92 Å². The number of amides is 1. The van der Waals surface area contributed by atoms with Gasteiger partial charge in [0.05, 0.1) is 0 Å². The lowest BCUT2D eigenvalue weighted by molar-refractivity contribution is 0.0910. The van der Waals surface area contributed by atoms with Gasteiger partial charge in [-0.3, -0.25) is 4.79 Å². The largest absolute Gasteiger partial charge is 0.349 e. The molecule has 1 fully saturated rings. The first-order valence-corrected chi connectivity index (χ1v) is 7.80. The van der Waals surface area contributed by atoms with Crippen LogP contribution in [0.25, 0.3) is 0 Å². The summed E-state index contributed by atoms with van der Waals surface area (Å²) in [7, 11) is 0. The number of nitrogens with one attached hydrogen (secondary N) is 2. The Balaban J connectivity index is 2.16. The van der Waals surface area contributed by atoms with Gasteiger partial charge in [-0.05, 0) is 36.8 Å². The Morgan fingerprint density at radius 3 is 2.67 bits per heavy atom. The zero-order valence-corrected chi connectivity index (χ0v) is 13.1. The fourth-order valence-electron chi connectivity index (χ4n) is 2.84. The van der Waals surface area contributed by atoms with Gasteiger partial charge in [-0.25, -0.2) is 10.8 Å². The summed E-state index contributed by atoms with van der Waals surface area (Å²) in [6, 6.07) is 3.83. The van der Waals surface area contributed by atoms with Crippen LogP contribution in [0.5, 0.6) is 0 Å². The molecule has 4 N–H and O–H groups in total. The van der Waals surface area contributed by atoms with Crippen molar-refractivity contribution < 1.29 is 4.79 Å². The molecule has 5 nitrogen and oxygen atoms in total. The number of hydrazine groups is 1. The van der Waals surface area contributed by atoms with Crippen LogP contribution < -0.4 is 16.6 Å². The second kappa shape index (κ2) is 6.89. The van der Waals surface area contributed by atoms with E-state index in [1.165, 1.54) is 19.3 Å². The van der Waals surface area contributed by atoms with E-state index in [4.69, 9.17) is 5.84 Å². The van der Waals surface area contributed by atoms with Gasteiger partial charge in [-0.15, -0.1) is 0 Å². The number of hydrogen-bond acceptors (Lipinski definition) is 4. The second-order valence-corrected chi connectivity index (χ2v) is 6.31. The summed E-state index contributed by atoms with van der Waals surface area (Å²) in [6.07, 6.45) is 4.71. The number of nitrogens with zero attached hydrogens (tertiary/aromatic N) is 1. The van der Waals surface area contributed by atoms with E-state index in [0.29, 0.717) is 17.3 Å². The summed E-state index contributed by atoms with van der Waals surface area (Å²) < 4.78 is 0. The minimum Gasteiger partial charge on any atom is -0.349 e. The maximum Gasteiger partial charge on any atom is 0.251 e. The van der Waals surface area contributed by atoms with E-state index in [2.05, 4.69) is 22.7 Å². The van der Waals surface area contributed by atoms with Gasteiger partial charge < -0.3 is 10.7 Å². The van der Waals surface area contributed by atoms with E-state index in [0.717, 1.165) is 12.1 Å². The lowest BCUT2D eigenvalue weighted by atomic mass is 9.86. The van der Waals surface area contributed by atoms with Gasteiger partial charge in [-0.2, -0.15) is 0 Å². The lowest BCUT2D eigenvalue weighted by Crippen LogP contribution is -2.41. The van der Waals surface area contributed by atoms with Crippen LogP contribution in [0.3, 0.4) is 0 Å². The number of pyridine rings is 1. The van der Waals surface area contributed by atoms with Crippen molar-refractivity contribution in [2.45, 2.75) is 58.4 Å². The maximum atomic E-state index is 12.5. The second-order valence-electron chi connectivity index (χ2n) is 6.31. The van der Waals surface area contributed by atoms with Crippen molar-refractivity contribution in [3.8, 4) is 0 Å². The number of nitrogen functional groups attached to an aromatic ring is 1. The maximum absolute atomic E-state index is 12.5. The molecule has 0 spiro atoms. The quantitative estimate of drug-likeness (QED) is 0.588. The highest BCUT2D eigenvalue weighted by Gasteiger charge is 2.23. The smallest absolute Gasteiger partial charge is 0.251 e. The average Bonchev–Trinajstić information content (AvgIpc) is 2.49. The van der Waals surface area contributed by atoms with Crippen molar-refractivity contribution >= 4 is 11.7 Å². The normalized spacial score (nSPS) is 22.1. The summed E-state index contributed by atoms with van der Waals surface area (Å²) in [5.41, 5.74) is 4.03. The van der Waals surface area contributed by atoms with Gasteiger partial charge in [-0.1, -0.05) is 33.6 Å². The molecule has 1 amide bonds. The molecule has 1 aliphatic carbocycles. The molecule has 2 unspecified atom stereocenters. The molecule has 5 heteroatoms. The predicted octanol–water partition coefficient (Wildman–Crippen LogP) is 2.80.